The predicted molar refractivity (Wildman–Crippen MR) is 121 cm³/mol. The van der Waals surface area contributed by atoms with E-state index in [0.29, 0.717) is 5.69 Å². The summed E-state index contributed by atoms with van der Waals surface area (Å²) < 4.78 is 34.4. The normalized spacial score (nSPS) is 17.5. The summed E-state index contributed by atoms with van der Waals surface area (Å²) in [6.45, 7) is 1.26. The molecule has 0 unspecified atom stereocenters. The summed E-state index contributed by atoms with van der Waals surface area (Å²) in [5.74, 6) is -1.16. The molecule has 0 bridgehead atoms. The van der Waals surface area contributed by atoms with Crippen LogP contribution in [-0.2, 0) is 23.6 Å². The van der Waals surface area contributed by atoms with E-state index < -0.39 is 17.4 Å². The Bertz CT molecular complexity index is 1360. The van der Waals surface area contributed by atoms with Gasteiger partial charge in [0, 0.05) is 33.8 Å². The van der Waals surface area contributed by atoms with Crippen molar-refractivity contribution >= 4 is 16.8 Å². The maximum absolute atomic E-state index is 14.8. The topological polar surface area (TPSA) is 64.1 Å². The molecule has 0 radical (unpaired) electrons. The highest BCUT2D eigenvalue weighted by Crippen LogP contribution is 2.35. The molecule has 2 aromatic heterocycles. The van der Waals surface area contributed by atoms with Gasteiger partial charge in [-0.3, -0.25) is 9.78 Å². The van der Waals surface area contributed by atoms with Gasteiger partial charge in [0.05, 0.1) is 36.7 Å². The zero-order valence-electron chi connectivity index (χ0n) is 17.9. The number of alkyl halides is 1. The molecule has 0 saturated carbocycles. The van der Waals surface area contributed by atoms with E-state index in [4.69, 9.17) is 9.72 Å². The zero-order chi connectivity index (χ0) is 23.0. The molecule has 3 heterocycles. The number of nitrogens with zero attached hydrogens (tertiary/aromatic N) is 2. The number of halogens is 2. The molecule has 1 aliphatic heterocycles. The Morgan fingerprint density at radius 1 is 1.15 bits per heavy atom. The molecule has 33 heavy (non-hydrogen) atoms. The molecule has 1 atom stereocenters. The molecule has 166 valence electrons. The Labute approximate surface area is 189 Å². The van der Waals surface area contributed by atoms with Gasteiger partial charge in [0.1, 0.15) is 5.82 Å². The molecule has 1 amide bonds. The summed E-state index contributed by atoms with van der Waals surface area (Å²) in [7, 11) is 0. The molecule has 0 aliphatic carbocycles. The summed E-state index contributed by atoms with van der Waals surface area (Å²) in [6.07, 6.45) is 1.70. The Balaban J connectivity index is 1.36. The molecule has 5 rings (SSSR count). The lowest BCUT2D eigenvalue weighted by atomic mass is 9.89. The first-order valence-corrected chi connectivity index (χ1v) is 10.6. The molecule has 0 fully saturated rings. The van der Waals surface area contributed by atoms with Crippen molar-refractivity contribution in [2.24, 2.45) is 0 Å². The Hall–Kier alpha value is -3.71. The monoisotopic (exact) mass is 445 g/mol. The van der Waals surface area contributed by atoms with Crippen LogP contribution in [0.1, 0.15) is 34.1 Å². The van der Waals surface area contributed by atoms with Gasteiger partial charge in [-0.05, 0) is 37.3 Å². The molecule has 5 nitrogen and oxygen atoms in total. The highest BCUT2D eigenvalue weighted by atomic mass is 19.1. The van der Waals surface area contributed by atoms with Gasteiger partial charge in [-0.15, -0.1) is 0 Å². The number of pyridine rings is 2. The number of fused-ring (bicyclic) bond motifs is 2. The van der Waals surface area contributed by atoms with Gasteiger partial charge >= 0.3 is 0 Å². The zero-order valence-corrected chi connectivity index (χ0v) is 17.9. The third-order valence-electron chi connectivity index (χ3n) is 5.77. The summed E-state index contributed by atoms with van der Waals surface area (Å²) in [6, 6.07) is 18.1. The third kappa shape index (κ3) is 4.19. The molecule has 4 aromatic rings. The second kappa shape index (κ2) is 8.33. The summed E-state index contributed by atoms with van der Waals surface area (Å²) in [5, 5.41) is 3.62. The van der Waals surface area contributed by atoms with Gasteiger partial charge < -0.3 is 10.1 Å². The van der Waals surface area contributed by atoms with E-state index in [2.05, 4.69) is 10.3 Å². The number of carbonyl (C=O) groups excluding carboxylic acids is 1. The fourth-order valence-electron chi connectivity index (χ4n) is 4.00. The van der Waals surface area contributed by atoms with Gasteiger partial charge in [0.2, 0.25) is 0 Å². The fourth-order valence-corrected chi connectivity index (χ4v) is 4.00. The molecular weight excluding hydrogens is 424 g/mol. The van der Waals surface area contributed by atoms with Crippen LogP contribution in [0.2, 0.25) is 0 Å². The van der Waals surface area contributed by atoms with Gasteiger partial charge in [-0.25, -0.2) is 13.8 Å². The number of nitrogens with one attached hydrogen (secondary N) is 1. The van der Waals surface area contributed by atoms with Crippen LogP contribution in [0.15, 0.2) is 66.9 Å². The number of aromatic nitrogens is 2. The van der Waals surface area contributed by atoms with E-state index in [1.807, 2.05) is 48.5 Å². The highest BCUT2D eigenvalue weighted by molar-refractivity contribution is 5.94. The van der Waals surface area contributed by atoms with Crippen LogP contribution in [0, 0.1) is 5.82 Å². The van der Waals surface area contributed by atoms with Crippen LogP contribution >= 0.6 is 0 Å². The van der Waals surface area contributed by atoms with Crippen LogP contribution in [0.3, 0.4) is 0 Å². The van der Waals surface area contributed by atoms with Crippen LogP contribution in [0.4, 0.5) is 8.78 Å². The van der Waals surface area contributed by atoms with Crippen molar-refractivity contribution in [3.8, 4) is 11.3 Å². The molecular formula is C26H21F2N3O2. The van der Waals surface area contributed by atoms with E-state index in [-0.39, 0.29) is 36.4 Å². The first kappa shape index (κ1) is 21.2. The standard InChI is InChI=1S/C26H21F2N3O2/c1-26(28)15-33-14-20-21(26)9-18(10-22(20)27)25(32)30-13-19-11-24-17(12-29-19)7-8-23(31-24)16-5-3-2-4-6-16/h2-12H,13-15H2,1H3,(H,30,32)/t26-/m1/s1. The van der Waals surface area contributed by atoms with Crippen LogP contribution < -0.4 is 5.32 Å². The van der Waals surface area contributed by atoms with Gasteiger partial charge in [0.25, 0.3) is 5.91 Å². The lowest BCUT2D eigenvalue weighted by molar-refractivity contribution is -0.00647. The van der Waals surface area contributed by atoms with E-state index >= 15 is 0 Å². The van der Waals surface area contributed by atoms with Crippen LogP contribution in [0.5, 0.6) is 0 Å². The second-order valence-electron chi connectivity index (χ2n) is 8.29. The number of amides is 1. The molecule has 2 aromatic carbocycles. The maximum atomic E-state index is 14.8. The predicted octanol–water partition coefficient (Wildman–Crippen LogP) is 5.08. The Morgan fingerprint density at radius 3 is 2.79 bits per heavy atom. The van der Waals surface area contributed by atoms with Crippen molar-refractivity contribution in [2.75, 3.05) is 6.61 Å². The minimum absolute atomic E-state index is 0.0123. The smallest absolute Gasteiger partial charge is 0.251 e. The summed E-state index contributed by atoms with van der Waals surface area (Å²) in [5.41, 5.74) is 1.71. The first-order chi connectivity index (χ1) is 15.9. The van der Waals surface area contributed by atoms with Crippen molar-refractivity contribution in [3.63, 3.8) is 0 Å². The fraction of sp³-hybridized carbons (Fsp3) is 0.192. The average molecular weight is 445 g/mol. The number of benzene rings is 2. The highest BCUT2D eigenvalue weighted by Gasteiger charge is 2.35. The second-order valence-corrected chi connectivity index (χ2v) is 8.29. The molecule has 7 heteroatoms. The molecule has 0 saturated heterocycles. The van der Waals surface area contributed by atoms with E-state index in [0.717, 1.165) is 28.2 Å². The first-order valence-electron chi connectivity index (χ1n) is 10.6. The van der Waals surface area contributed by atoms with E-state index in [9.17, 15) is 13.6 Å². The van der Waals surface area contributed by atoms with Crippen LogP contribution in [0.25, 0.3) is 22.2 Å². The van der Waals surface area contributed by atoms with Crippen molar-refractivity contribution < 1.29 is 18.3 Å². The van der Waals surface area contributed by atoms with Crippen molar-refractivity contribution in [2.45, 2.75) is 25.7 Å². The number of rotatable bonds is 4. The van der Waals surface area contributed by atoms with E-state index in [1.165, 1.54) is 13.0 Å². The number of hydrogen-bond donors (Lipinski definition) is 1. The Morgan fingerprint density at radius 2 is 1.97 bits per heavy atom. The lowest BCUT2D eigenvalue weighted by Gasteiger charge is -2.29. The van der Waals surface area contributed by atoms with Crippen LogP contribution in [-0.4, -0.2) is 22.5 Å². The summed E-state index contributed by atoms with van der Waals surface area (Å²) in [4.78, 5) is 21.8. The van der Waals surface area contributed by atoms with Gasteiger partial charge in [0.15, 0.2) is 5.67 Å². The average Bonchev–Trinajstić information content (AvgIpc) is 2.83. The minimum atomic E-state index is -1.85. The largest absolute Gasteiger partial charge is 0.373 e. The SMILES string of the molecule is C[C@@]1(F)COCc2c(F)cc(C(=O)NCc3cc4nc(-c5ccccc5)ccc4cn3)cc21. The van der Waals surface area contributed by atoms with Gasteiger partial charge in [-0.1, -0.05) is 30.3 Å². The number of carbonyl (C=O) groups is 1. The minimum Gasteiger partial charge on any atom is -0.373 e. The number of ether oxygens (including phenoxy) is 1. The molecule has 1 N–H and O–H groups in total. The van der Waals surface area contributed by atoms with Crippen molar-refractivity contribution in [1.29, 1.82) is 0 Å². The lowest BCUT2D eigenvalue weighted by Crippen LogP contribution is -2.31. The van der Waals surface area contributed by atoms with Gasteiger partial charge in [-0.2, -0.15) is 0 Å². The quantitative estimate of drug-likeness (QED) is 0.476. The van der Waals surface area contributed by atoms with E-state index in [1.54, 1.807) is 6.20 Å². The maximum Gasteiger partial charge on any atom is 0.251 e. The van der Waals surface area contributed by atoms with Crippen molar-refractivity contribution in [3.05, 3.63) is 95.1 Å². The van der Waals surface area contributed by atoms with Crippen molar-refractivity contribution in [1.82, 2.24) is 15.3 Å². The number of hydrogen-bond acceptors (Lipinski definition) is 4. The summed E-state index contributed by atoms with van der Waals surface area (Å²) >= 11 is 0. The third-order valence-corrected chi connectivity index (χ3v) is 5.77. The molecule has 0 spiro atoms. The Kier molecular flexibility index (Phi) is 5.34. The molecule has 1 aliphatic rings.